The van der Waals surface area contributed by atoms with Gasteiger partial charge in [0.05, 0.1) is 0 Å². The number of piperazine rings is 1. The minimum absolute atomic E-state index is 0. The Hall–Kier alpha value is -1.24. The number of halogens is 1. The molecule has 3 heterocycles. The lowest BCUT2D eigenvalue weighted by Crippen LogP contribution is -2.47. The van der Waals surface area contributed by atoms with Gasteiger partial charge in [-0.05, 0) is 44.2 Å². The molecule has 0 spiro atoms. The summed E-state index contributed by atoms with van der Waals surface area (Å²) in [4.78, 5) is 17.8. The quantitative estimate of drug-likeness (QED) is 0.183. The van der Waals surface area contributed by atoms with E-state index in [1.807, 2.05) is 25.5 Å². The normalized spacial score (nSPS) is 18.3. The highest BCUT2D eigenvalue weighted by molar-refractivity contribution is 14.0. The Morgan fingerprint density at radius 1 is 1.09 bits per heavy atom. The van der Waals surface area contributed by atoms with Crippen LogP contribution in [0.2, 0.25) is 0 Å². The molecular formula is C22H40IN7O2. The van der Waals surface area contributed by atoms with Crippen LogP contribution in [0.5, 0.6) is 0 Å². The van der Waals surface area contributed by atoms with Gasteiger partial charge < -0.3 is 25.0 Å². The number of aliphatic imine (C=N–C) groups is 1. The van der Waals surface area contributed by atoms with E-state index in [9.17, 15) is 0 Å². The van der Waals surface area contributed by atoms with Crippen LogP contribution in [0.25, 0.3) is 0 Å². The maximum atomic E-state index is 5.82. The number of anilines is 1. The first-order chi connectivity index (χ1) is 15.3. The molecule has 0 aromatic carbocycles. The van der Waals surface area contributed by atoms with E-state index in [1.165, 1.54) is 0 Å². The fraction of sp³-hybridized carbons (Fsp3) is 0.773. The third-order valence-electron chi connectivity index (χ3n) is 5.83. The van der Waals surface area contributed by atoms with Crippen LogP contribution in [0.15, 0.2) is 23.5 Å². The van der Waals surface area contributed by atoms with Crippen LogP contribution >= 0.6 is 24.0 Å². The predicted molar refractivity (Wildman–Crippen MR) is 139 cm³/mol. The Morgan fingerprint density at radius 3 is 2.47 bits per heavy atom. The lowest BCUT2D eigenvalue weighted by Gasteiger charge is -2.34. The average Bonchev–Trinajstić information content (AvgIpc) is 2.84. The summed E-state index contributed by atoms with van der Waals surface area (Å²) in [5, 5.41) is 6.79. The molecule has 182 valence electrons. The second-order valence-electron chi connectivity index (χ2n) is 8.14. The second-order valence-corrected chi connectivity index (χ2v) is 8.14. The zero-order valence-electron chi connectivity index (χ0n) is 19.4. The van der Waals surface area contributed by atoms with Crippen molar-refractivity contribution in [2.24, 2.45) is 10.9 Å². The third kappa shape index (κ3) is 10.1. The first kappa shape index (κ1) is 27.0. The molecule has 0 bridgehead atoms. The Bertz CT molecular complexity index is 624. The zero-order chi connectivity index (χ0) is 21.6. The van der Waals surface area contributed by atoms with Gasteiger partial charge in [-0.2, -0.15) is 0 Å². The number of aromatic nitrogens is 2. The third-order valence-corrected chi connectivity index (χ3v) is 5.83. The molecule has 0 atom stereocenters. The SMILES string of the molecule is CN=C(NCCCOCC1CCOCC1)NCCCN1CCN(c2ncccn2)CC1.I. The number of nitrogens with one attached hydrogen (secondary N) is 2. The summed E-state index contributed by atoms with van der Waals surface area (Å²) in [7, 11) is 1.82. The van der Waals surface area contributed by atoms with Crippen molar-refractivity contribution in [2.75, 3.05) is 84.2 Å². The summed E-state index contributed by atoms with van der Waals surface area (Å²) in [5.74, 6) is 2.38. The van der Waals surface area contributed by atoms with Crippen LogP contribution in [-0.2, 0) is 9.47 Å². The number of guanidine groups is 1. The molecule has 0 amide bonds. The van der Waals surface area contributed by atoms with Crippen molar-refractivity contribution in [3.05, 3.63) is 18.5 Å². The van der Waals surface area contributed by atoms with Crippen LogP contribution in [0, 0.1) is 5.92 Å². The highest BCUT2D eigenvalue weighted by Gasteiger charge is 2.18. The molecule has 2 aliphatic rings. The van der Waals surface area contributed by atoms with E-state index in [-0.39, 0.29) is 24.0 Å². The molecule has 32 heavy (non-hydrogen) atoms. The van der Waals surface area contributed by atoms with Crippen LogP contribution in [-0.4, -0.2) is 100 Å². The van der Waals surface area contributed by atoms with Crippen molar-refractivity contribution in [3.63, 3.8) is 0 Å². The summed E-state index contributed by atoms with van der Waals surface area (Å²) in [6.45, 7) is 10.4. The van der Waals surface area contributed by atoms with Crippen molar-refractivity contribution >= 4 is 35.9 Å². The van der Waals surface area contributed by atoms with E-state index < -0.39 is 0 Å². The molecule has 2 saturated heterocycles. The van der Waals surface area contributed by atoms with E-state index in [2.05, 4.69) is 35.4 Å². The summed E-state index contributed by atoms with van der Waals surface area (Å²) in [5.41, 5.74) is 0. The molecule has 1 aromatic rings. The van der Waals surface area contributed by atoms with Crippen molar-refractivity contribution in [2.45, 2.75) is 25.7 Å². The van der Waals surface area contributed by atoms with Gasteiger partial charge >= 0.3 is 0 Å². The average molecular weight is 562 g/mol. The molecule has 0 aliphatic carbocycles. The van der Waals surface area contributed by atoms with Crippen molar-refractivity contribution in [1.29, 1.82) is 0 Å². The standard InChI is InChI=1S/C22H39N7O2.HI/c1-23-21(25-10-4-16-31-19-20-5-17-30-18-6-20)24-9-3-11-28-12-14-29(15-13-28)22-26-7-2-8-27-22;/h2,7-8,20H,3-6,9-19H2,1H3,(H2,23,24,25);1H. The van der Waals surface area contributed by atoms with Gasteiger partial charge in [0.1, 0.15) is 0 Å². The maximum Gasteiger partial charge on any atom is 0.225 e. The molecular weight excluding hydrogens is 521 g/mol. The second kappa shape index (κ2) is 16.4. The monoisotopic (exact) mass is 561 g/mol. The van der Waals surface area contributed by atoms with Gasteiger partial charge in [-0.25, -0.2) is 9.97 Å². The molecule has 0 radical (unpaired) electrons. The highest BCUT2D eigenvalue weighted by Crippen LogP contribution is 2.14. The first-order valence-electron chi connectivity index (χ1n) is 11.7. The summed E-state index contributed by atoms with van der Waals surface area (Å²) in [6, 6.07) is 1.86. The summed E-state index contributed by atoms with van der Waals surface area (Å²) in [6.07, 6.45) is 7.96. The number of hydrogen-bond acceptors (Lipinski definition) is 7. The molecule has 2 aliphatic heterocycles. The van der Waals surface area contributed by atoms with Gasteiger partial charge in [0.2, 0.25) is 5.95 Å². The number of rotatable bonds is 11. The lowest BCUT2D eigenvalue weighted by molar-refractivity contribution is 0.0203. The summed E-state index contributed by atoms with van der Waals surface area (Å²) < 4.78 is 11.2. The fourth-order valence-corrected chi connectivity index (χ4v) is 3.90. The number of ether oxygens (including phenoxy) is 2. The molecule has 0 unspecified atom stereocenters. The lowest BCUT2D eigenvalue weighted by atomic mass is 10.0. The predicted octanol–water partition coefficient (Wildman–Crippen LogP) is 1.61. The zero-order valence-corrected chi connectivity index (χ0v) is 21.7. The molecule has 1 aromatic heterocycles. The van der Waals surface area contributed by atoms with Crippen LogP contribution in [0.4, 0.5) is 5.95 Å². The topological polar surface area (TPSA) is 87.1 Å². The highest BCUT2D eigenvalue weighted by atomic mass is 127. The summed E-state index contributed by atoms with van der Waals surface area (Å²) >= 11 is 0. The van der Waals surface area contributed by atoms with Crippen molar-refractivity contribution in [3.8, 4) is 0 Å². The molecule has 9 nitrogen and oxygen atoms in total. The molecule has 3 rings (SSSR count). The van der Waals surface area contributed by atoms with Gasteiger partial charge in [-0.15, -0.1) is 24.0 Å². The van der Waals surface area contributed by atoms with Crippen LogP contribution < -0.4 is 15.5 Å². The number of nitrogens with zero attached hydrogens (tertiary/aromatic N) is 5. The minimum Gasteiger partial charge on any atom is -0.381 e. The Labute approximate surface area is 209 Å². The van der Waals surface area contributed by atoms with E-state index in [4.69, 9.17) is 9.47 Å². The Morgan fingerprint density at radius 2 is 1.78 bits per heavy atom. The van der Waals surface area contributed by atoms with Gasteiger partial charge in [0, 0.05) is 85.1 Å². The maximum absolute atomic E-state index is 5.82. The van der Waals surface area contributed by atoms with E-state index in [0.29, 0.717) is 5.92 Å². The smallest absolute Gasteiger partial charge is 0.225 e. The van der Waals surface area contributed by atoms with Gasteiger partial charge in [-0.1, -0.05) is 0 Å². The molecule has 2 fully saturated rings. The minimum atomic E-state index is 0. The first-order valence-corrected chi connectivity index (χ1v) is 11.7. The van der Waals surface area contributed by atoms with Gasteiger partial charge in [-0.3, -0.25) is 9.89 Å². The van der Waals surface area contributed by atoms with Crippen LogP contribution in [0.1, 0.15) is 25.7 Å². The van der Waals surface area contributed by atoms with E-state index in [0.717, 1.165) is 110 Å². The molecule has 2 N–H and O–H groups in total. The van der Waals surface area contributed by atoms with E-state index >= 15 is 0 Å². The molecule has 0 saturated carbocycles. The van der Waals surface area contributed by atoms with Crippen molar-refractivity contribution < 1.29 is 9.47 Å². The Kier molecular flexibility index (Phi) is 13.8. The van der Waals surface area contributed by atoms with Gasteiger partial charge in [0.15, 0.2) is 5.96 Å². The van der Waals surface area contributed by atoms with E-state index in [1.54, 1.807) is 0 Å². The largest absolute Gasteiger partial charge is 0.381 e. The Balaban J connectivity index is 0.00000363. The number of hydrogen-bond donors (Lipinski definition) is 2. The van der Waals surface area contributed by atoms with Gasteiger partial charge in [0.25, 0.3) is 0 Å². The fourth-order valence-electron chi connectivity index (χ4n) is 3.90. The van der Waals surface area contributed by atoms with Crippen molar-refractivity contribution in [1.82, 2.24) is 25.5 Å². The molecule has 10 heteroatoms. The van der Waals surface area contributed by atoms with Crippen LogP contribution in [0.3, 0.4) is 0 Å².